The number of nitrogens with one attached hydrogen (secondary N) is 2. The van der Waals surface area contributed by atoms with Gasteiger partial charge in [0.15, 0.2) is 0 Å². The number of halogens is 1. The molecule has 7 nitrogen and oxygen atoms in total. The van der Waals surface area contributed by atoms with E-state index in [1.165, 1.54) is 18.2 Å². The molecule has 8 heteroatoms. The van der Waals surface area contributed by atoms with Gasteiger partial charge < -0.3 is 20.5 Å². The molecule has 0 aliphatic carbocycles. The molecule has 0 bridgehead atoms. The molecule has 0 fully saturated rings. The highest BCUT2D eigenvalue weighted by molar-refractivity contribution is 6.33. The first kappa shape index (κ1) is 15.8. The highest BCUT2D eigenvalue weighted by Gasteiger charge is 2.06. The summed E-state index contributed by atoms with van der Waals surface area (Å²) in [7, 11) is 0. The zero-order valence-corrected chi connectivity index (χ0v) is 11.1. The Labute approximate surface area is 120 Å². The van der Waals surface area contributed by atoms with Gasteiger partial charge in [0.05, 0.1) is 28.9 Å². The molecule has 0 aliphatic heterocycles. The summed E-state index contributed by atoms with van der Waals surface area (Å²) in [6.07, 6.45) is 0. The van der Waals surface area contributed by atoms with Crippen LogP contribution in [0.3, 0.4) is 0 Å². The topological polar surface area (TPSA) is 111 Å². The van der Waals surface area contributed by atoms with Gasteiger partial charge in [0.2, 0.25) is 0 Å². The summed E-state index contributed by atoms with van der Waals surface area (Å²) in [6, 6.07) is 5.90. The van der Waals surface area contributed by atoms with Gasteiger partial charge in [-0.2, -0.15) is 5.26 Å². The minimum Gasteiger partial charge on any atom is -0.480 e. The number of rotatable bonds is 6. The number of carboxylic acids is 1. The third-order valence-corrected chi connectivity index (χ3v) is 2.42. The second-order valence-electron chi connectivity index (χ2n) is 3.63. The van der Waals surface area contributed by atoms with Crippen molar-refractivity contribution in [3.63, 3.8) is 0 Å². The molecule has 0 aliphatic rings. The van der Waals surface area contributed by atoms with Crippen molar-refractivity contribution < 1.29 is 19.4 Å². The molecule has 0 radical (unpaired) electrons. The largest absolute Gasteiger partial charge is 0.480 e. The summed E-state index contributed by atoms with van der Waals surface area (Å²) in [5.41, 5.74) is 0.762. The fourth-order valence-electron chi connectivity index (χ4n) is 1.25. The van der Waals surface area contributed by atoms with Gasteiger partial charge >= 0.3 is 12.0 Å². The molecule has 0 heterocycles. The lowest BCUT2D eigenvalue weighted by Crippen LogP contribution is -2.32. The number of aliphatic carboxylic acids is 1. The fourth-order valence-corrected chi connectivity index (χ4v) is 1.48. The van der Waals surface area contributed by atoms with Gasteiger partial charge in [-0.3, -0.25) is 0 Å². The number of benzene rings is 1. The molecular weight excluding hydrogens is 286 g/mol. The average Bonchev–Trinajstić information content (AvgIpc) is 2.40. The normalized spacial score (nSPS) is 9.60. The van der Waals surface area contributed by atoms with Crippen LogP contribution in [0.15, 0.2) is 18.2 Å². The molecule has 106 valence electrons. The van der Waals surface area contributed by atoms with Gasteiger partial charge in [0.1, 0.15) is 6.61 Å². The van der Waals surface area contributed by atoms with Crippen LogP contribution in [0.4, 0.5) is 10.5 Å². The van der Waals surface area contributed by atoms with Crippen LogP contribution in [-0.2, 0) is 9.53 Å². The number of urea groups is 1. The SMILES string of the molecule is N#Cc1ccc(NC(=O)NCCOCC(=O)O)c(Cl)c1. The molecule has 0 aromatic heterocycles. The third kappa shape index (κ3) is 5.56. The molecule has 0 saturated carbocycles. The summed E-state index contributed by atoms with van der Waals surface area (Å²) in [5, 5.41) is 22.2. The van der Waals surface area contributed by atoms with Crippen LogP contribution < -0.4 is 10.6 Å². The lowest BCUT2D eigenvalue weighted by atomic mass is 10.2. The van der Waals surface area contributed by atoms with Crippen molar-refractivity contribution in [2.45, 2.75) is 0 Å². The summed E-state index contributed by atoms with van der Waals surface area (Å²) in [5.74, 6) is -1.07. The smallest absolute Gasteiger partial charge is 0.329 e. The minimum absolute atomic E-state index is 0.0841. The van der Waals surface area contributed by atoms with Crippen molar-refractivity contribution >= 4 is 29.3 Å². The van der Waals surface area contributed by atoms with Gasteiger partial charge in [-0.1, -0.05) is 11.6 Å². The number of carboxylic acid groups (broad SMARTS) is 1. The minimum atomic E-state index is -1.07. The number of amides is 2. The third-order valence-electron chi connectivity index (χ3n) is 2.10. The van der Waals surface area contributed by atoms with Gasteiger partial charge in [0.25, 0.3) is 0 Å². The van der Waals surface area contributed by atoms with E-state index in [9.17, 15) is 9.59 Å². The van der Waals surface area contributed by atoms with E-state index in [2.05, 4.69) is 10.6 Å². The molecule has 0 atom stereocenters. The maximum absolute atomic E-state index is 11.5. The molecule has 1 aromatic rings. The van der Waals surface area contributed by atoms with Crippen LogP contribution in [-0.4, -0.2) is 36.9 Å². The monoisotopic (exact) mass is 297 g/mol. The Balaban J connectivity index is 2.36. The van der Waals surface area contributed by atoms with Crippen molar-refractivity contribution in [1.82, 2.24) is 5.32 Å². The van der Waals surface area contributed by atoms with Gasteiger partial charge in [-0.05, 0) is 18.2 Å². The van der Waals surface area contributed by atoms with E-state index in [1.807, 2.05) is 6.07 Å². The Morgan fingerprint density at radius 3 is 2.80 bits per heavy atom. The van der Waals surface area contributed by atoms with Gasteiger partial charge in [-0.25, -0.2) is 9.59 Å². The summed E-state index contributed by atoms with van der Waals surface area (Å²) < 4.78 is 4.75. The predicted molar refractivity (Wildman–Crippen MR) is 71.6 cm³/mol. The Kier molecular flexibility index (Phi) is 6.29. The lowest BCUT2D eigenvalue weighted by molar-refractivity contribution is -0.142. The number of anilines is 1. The lowest BCUT2D eigenvalue weighted by Gasteiger charge is -2.09. The Bertz CT molecular complexity index is 542. The number of ether oxygens (including phenoxy) is 1. The first-order valence-electron chi connectivity index (χ1n) is 5.57. The zero-order valence-electron chi connectivity index (χ0n) is 10.4. The Hall–Kier alpha value is -2.30. The van der Waals surface area contributed by atoms with Crippen LogP contribution in [0.25, 0.3) is 0 Å². The van der Waals surface area contributed by atoms with E-state index < -0.39 is 18.6 Å². The number of nitrogens with zero attached hydrogens (tertiary/aromatic N) is 1. The molecule has 3 N–H and O–H groups in total. The van der Waals surface area contributed by atoms with Crippen LogP contribution in [0.1, 0.15) is 5.56 Å². The van der Waals surface area contributed by atoms with Crippen molar-refractivity contribution in [2.24, 2.45) is 0 Å². The molecule has 0 unspecified atom stereocenters. The van der Waals surface area contributed by atoms with E-state index >= 15 is 0 Å². The molecule has 1 aromatic carbocycles. The number of carbonyl (C=O) groups excluding carboxylic acids is 1. The second kappa shape index (κ2) is 7.99. The molecule has 0 saturated heterocycles. The maximum Gasteiger partial charge on any atom is 0.329 e. The maximum atomic E-state index is 11.5. The second-order valence-corrected chi connectivity index (χ2v) is 4.04. The van der Waals surface area contributed by atoms with E-state index in [-0.39, 0.29) is 18.2 Å². The van der Waals surface area contributed by atoms with E-state index in [0.717, 1.165) is 0 Å². The van der Waals surface area contributed by atoms with Gasteiger partial charge in [0, 0.05) is 6.54 Å². The number of carbonyl (C=O) groups is 2. The summed E-state index contributed by atoms with van der Waals surface area (Å²) in [4.78, 5) is 21.7. The average molecular weight is 298 g/mol. The first-order valence-corrected chi connectivity index (χ1v) is 5.94. The standard InChI is InChI=1S/C12H12ClN3O4/c13-9-5-8(6-14)1-2-10(9)16-12(19)15-3-4-20-7-11(17)18/h1-2,5H,3-4,7H2,(H,17,18)(H2,15,16,19). The summed E-state index contributed by atoms with van der Waals surface area (Å²) in [6.45, 7) is -0.168. The summed E-state index contributed by atoms with van der Waals surface area (Å²) >= 11 is 5.89. The van der Waals surface area contributed by atoms with Crippen LogP contribution >= 0.6 is 11.6 Å². The molecule has 0 spiro atoms. The molecule has 20 heavy (non-hydrogen) atoms. The number of hydrogen-bond donors (Lipinski definition) is 3. The Morgan fingerprint density at radius 1 is 1.45 bits per heavy atom. The van der Waals surface area contributed by atoms with Crippen LogP contribution in [0, 0.1) is 11.3 Å². The molecular formula is C12H12ClN3O4. The zero-order chi connectivity index (χ0) is 15.0. The van der Waals surface area contributed by atoms with E-state index in [1.54, 1.807) is 0 Å². The number of nitriles is 1. The molecule has 2 amide bonds. The van der Waals surface area contributed by atoms with Crippen LogP contribution in [0.5, 0.6) is 0 Å². The Morgan fingerprint density at radius 2 is 2.20 bits per heavy atom. The van der Waals surface area contributed by atoms with Crippen molar-refractivity contribution in [2.75, 3.05) is 25.1 Å². The van der Waals surface area contributed by atoms with Crippen molar-refractivity contribution in [3.8, 4) is 6.07 Å². The van der Waals surface area contributed by atoms with E-state index in [0.29, 0.717) is 11.3 Å². The van der Waals surface area contributed by atoms with E-state index in [4.69, 9.17) is 26.7 Å². The highest BCUT2D eigenvalue weighted by Crippen LogP contribution is 2.22. The quantitative estimate of drug-likeness (QED) is 0.688. The molecule has 1 rings (SSSR count). The predicted octanol–water partition coefficient (Wildman–Crippen LogP) is 1.43. The van der Waals surface area contributed by atoms with Gasteiger partial charge in [-0.15, -0.1) is 0 Å². The number of hydrogen-bond acceptors (Lipinski definition) is 4. The van der Waals surface area contributed by atoms with Crippen molar-refractivity contribution in [3.05, 3.63) is 28.8 Å². The fraction of sp³-hybridized carbons (Fsp3) is 0.250. The van der Waals surface area contributed by atoms with Crippen LogP contribution in [0.2, 0.25) is 5.02 Å². The first-order chi connectivity index (χ1) is 9.52. The highest BCUT2D eigenvalue weighted by atomic mass is 35.5. The van der Waals surface area contributed by atoms with Crippen molar-refractivity contribution in [1.29, 1.82) is 5.26 Å².